The predicted molar refractivity (Wildman–Crippen MR) is 110 cm³/mol. The van der Waals surface area contributed by atoms with Crippen LogP contribution >= 0.6 is 0 Å². The topological polar surface area (TPSA) is 96.5 Å². The monoisotopic (exact) mass is 431 g/mol. The molecule has 2 aromatic rings. The highest BCUT2D eigenvalue weighted by atomic mass is 19.1. The average molecular weight is 431 g/mol. The molecule has 9 heteroatoms. The summed E-state index contributed by atoms with van der Waals surface area (Å²) in [7, 11) is 0. The van der Waals surface area contributed by atoms with Gasteiger partial charge in [0.25, 0.3) is 11.8 Å². The number of carbonyl (C=O) groups excluding carboxylic acids is 3. The molecule has 164 valence electrons. The minimum Gasteiger partial charge on any atom is -0.376 e. The minimum atomic E-state index is -0.982. The summed E-state index contributed by atoms with van der Waals surface area (Å²) >= 11 is 0. The van der Waals surface area contributed by atoms with Crippen LogP contribution in [-0.2, 0) is 9.53 Å². The molecule has 0 bridgehead atoms. The second kappa shape index (κ2) is 10.6. The van der Waals surface area contributed by atoms with Gasteiger partial charge < -0.3 is 20.7 Å². The first-order valence-electron chi connectivity index (χ1n) is 9.96. The van der Waals surface area contributed by atoms with Gasteiger partial charge in [0.1, 0.15) is 11.6 Å². The van der Waals surface area contributed by atoms with E-state index in [-0.39, 0.29) is 30.5 Å². The third-order valence-corrected chi connectivity index (χ3v) is 4.77. The third-order valence-electron chi connectivity index (χ3n) is 4.77. The maximum absolute atomic E-state index is 13.6. The van der Waals surface area contributed by atoms with E-state index >= 15 is 0 Å². The van der Waals surface area contributed by atoms with Gasteiger partial charge in [0, 0.05) is 32.2 Å². The summed E-state index contributed by atoms with van der Waals surface area (Å²) in [4.78, 5) is 36.7. The summed E-state index contributed by atoms with van der Waals surface area (Å²) in [5.41, 5.74) is 0.342. The van der Waals surface area contributed by atoms with Gasteiger partial charge in [-0.3, -0.25) is 14.4 Å². The number of hydrogen-bond donors (Lipinski definition) is 3. The fraction of sp³-hybridized carbons (Fsp3) is 0.318. The number of hydrogen-bond acceptors (Lipinski definition) is 4. The maximum Gasteiger partial charge on any atom is 0.254 e. The Morgan fingerprint density at radius 1 is 1.00 bits per heavy atom. The van der Waals surface area contributed by atoms with Crippen LogP contribution in [0.5, 0.6) is 0 Å². The summed E-state index contributed by atoms with van der Waals surface area (Å²) in [6.45, 7) is 1.03. The van der Waals surface area contributed by atoms with Gasteiger partial charge >= 0.3 is 0 Å². The van der Waals surface area contributed by atoms with Gasteiger partial charge in [0.2, 0.25) is 5.91 Å². The highest BCUT2D eigenvalue weighted by Crippen LogP contribution is 2.16. The molecule has 1 heterocycles. The summed E-state index contributed by atoms with van der Waals surface area (Å²) in [5, 5.41) is 7.86. The number of anilines is 1. The van der Waals surface area contributed by atoms with E-state index in [4.69, 9.17) is 4.74 Å². The third kappa shape index (κ3) is 6.32. The Balaban J connectivity index is 1.49. The van der Waals surface area contributed by atoms with Crippen molar-refractivity contribution in [1.29, 1.82) is 0 Å². The number of benzene rings is 2. The SMILES string of the molecule is O=C(CCNC(=O)c1ccc(F)cc1F)Nc1ccccc1C(=O)NCC1CCCO1. The Labute approximate surface area is 178 Å². The van der Waals surface area contributed by atoms with E-state index in [1.807, 2.05) is 0 Å². The van der Waals surface area contributed by atoms with Crippen LogP contribution in [0.4, 0.5) is 14.5 Å². The van der Waals surface area contributed by atoms with Crippen molar-refractivity contribution in [3.05, 3.63) is 65.2 Å². The number of ether oxygens (including phenoxy) is 1. The standard InChI is InChI=1S/C22H23F2N3O4/c23-14-7-8-16(18(24)12-14)21(29)25-10-9-20(28)27-19-6-2-1-5-17(19)22(30)26-13-15-4-3-11-31-15/h1-2,5-8,12,15H,3-4,9-11,13H2,(H,25,29)(H,26,30)(H,27,28). The van der Waals surface area contributed by atoms with Gasteiger partial charge in [-0.1, -0.05) is 12.1 Å². The van der Waals surface area contributed by atoms with Gasteiger partial charge in [0.15, 0.2) is 0 Å². The lowest BCUT2D eigenvalue weighted by Gasteiger charge is -2.14. The average Bonchev–Trinajstić information content (AvgIpc) is 3.26. The highest BCUT2D eigenvalue weighted by molar-refractivity contribution is 6.04. The Bertz CT molecular complexity index is 962. The predicted octanol–water partition coefficient (Wildman–Crippen LogP) is 2.63. The Kier molecular flexibility index (Phi) is 7.66. The zero-order chi connectivity index (χ0) is 22.2. The number of rotatable bonds is 8. The number of nitrogens with one attached hydrogen (secondary N) is 3. The molecule has 0 spiro atoms. The molecule has 0 aromatic heterocycles. The molecule has 1 unspecified atom stereocenters. The highest BCUT2D eigenvalue weighted by Gasteiger charge is 2.18. The van der Waals surface area contributed by atoms with E-state index in [1.54, 1.807) is 24.3 Å². The van der Waals surface area contributed by atoms with Crippen molar-refractivity contribution in [1.82, 2.24) is 10.6 Å². The largest absolute Gasteiger partial charge is 0.376 e. The van der Waals surface area contributed by atoms with Crippen LogP contribution in [0.25, 0.3) is 0 Å². The molecule has 7 nitrogen and oxygen atoms in total. The normalized spacial score (nSPS) is 15.4. The number of para-hydroxylation sites is 1. The lowest BCUT2D eigenvalue weighted by molar-refractivity contribution is -0.116. The Morgan fingerprint density at radius 3 is 2.52 bits per heavy atom. The molecule has 3 N–H and O–H groups in total. The van der Waals surface area contributed by atoms with Crippen molar-refractivity contribution in [2.75, 3.05) is 25.0 Å². The van der Waals surface area contributed by atoms with Crippen LogP contribution in [-0.4, -0.2) is 43.5 Å². The van der Waals surface area contributed by atoms with E-state index in [9.17, 15) is 23.2 Å². The van der Waals surface area contributed by atoms with Crippen molar-refractivity contribution in [3.63, 3.8) is 0 Å². The van der Waals surface area contributed by atoms with Crippen molar-refractivity contribution < 1.29 is 27.9 Å². The van der Waals surface area contributed by atoms with Crippen LogP contribution in [0.2, 0.25) is 0 Å². The fourth-order valence-electron chi connectivity index (χ4n) is 3.17. The summed E-state index contributed by atoms with van der Waals surface area (Å²) in [6, 6.07) is 9.20. The van der Waals surface area contributed by atoms with E-state index < -0.39 is 23.4 Å². The van der Waals surface area contributed by atoms with Crippen molar-refractivity contribution in [2.45, 2.75) is 25.4 Å². The number of halogens is 2. The molecular weight excluding hydrogens is 408 g/mol. The lowest BCUT2D eigenvalue weighted by Crippen LogP contribution is -2.32. The minimum absolute atomic E-state index is 0.000240. The molecule has 3 rings (SSSR count). The molecule has 1 fully saturated rings. The second-order valence-electron chi connectivity index (χ2n) is 7.07. The Morgan fingerprint density at radius 2 is 1.77 bits per heavy atom. The van der Waals surface area contributed by atoms with Gasteiger partial charge in [-0.05, 0) is 37.1 Å². The Hall–Kier alpha value is -3.33. The summed E-state index contributed by atoms with van der Waals surface area (Å²) in [6.07, 6.45) is 1.77. The van der Waals surface area contributed by atoms with Crippen LogP contribution < -0.4 is 16.0 Å². The summed E-state index contributed by atoms with van der Waals surface area (Å²) < 4.78 is 32.0. The molecule has 31 heavy (non-hydrogen) atoms. The zero-order valence-corrected chi connectivity index (χ0v) is 16.8. The maximum atomic E-state index is 13.6. The molecular formula is C22H23F2N3O4. The molecule has 1 aliphatic heterocycles. The van der Waals surface area contributed by atoms with Gasteiger partial charge in [-0.15, -0.1) is 0 Å². The fourth-order valence-corrected chi connectivity index (χ4v) is 3.17. The second-order valence-corrected chi connectivity index (χ2v) is 7.07. The van der Waals surface area contributed by atoms with E-state index in [0.717, 1.165) is 25.0 Å². The first kappa shape index (κ1) is 22.4. The molecule has 0 radical (unpaired) electrons. The van der Waals surface area contributed by atoms with E-state index in [1.165, 1.54) is 0 Å². The summed E-state index contributed by atoms with van der Waals surface area (Å²) in [5.74, 6) is -3.28. The smallest absolute Gasteiger partial charge is 0.254 e. The molecule has 1 saturated heterocycles. The van der Waals surface area contributed by atoms with E-state index in [2.05, 4.69) is 16.0 Å². The first-order valence-corrected chi connectivity index (χ1v) is 9.96. The number of carbonyl (C=O) groups is 3. The molecule has 2 aromatic carbocycles. The molecule has 1 atom stereocenters. The molecule has 0 aliphatic carbocycles. The number of amides is 3. The van der Waals surface area contributed by atoms with Crippen LogP contribution in [0.3, 0.4) is 0 Å². The molecule has 0 saturated carbocycles. The van der Waals surface area contributed by atoms with Crippen LogP contribution in [0.1, 0.15) is 40.0 Å². The zero-order valence-electron chi connectivity index (χ0n) is 16.8. The molecule has 1 aliphatic rings. The van der Waals surface area contributed by atoms with Crippen molar-refractivity contribution in [2.24, 2.45) is 0 Å². The van der Waals surface area contributed by atoms with Gasteiger partial charge in [0.05, 0.1) is 22.9 Å². The van der Waals surface area contributed by atoms with Crippen LogP contribution in [0.15, 0.2) is 42.5 Å². The van der Waals surface area contributed by atoms with Gasteiger partial charge in [-0.25, -0.2) is 8.78 Å². The van der Waals surface area contributed by atoms with Crippen molar-refractivity contribution >= 4 is 23.4 Å². The van der Waals surface area contributed by atoms with Gasteiger partial charge in [-0.2, -0.15) is 0 Å². The quantitative estimate of drug-likeness (QED) is 0.599. The lowest BCUT2D eigenvalue weighted by atomic mass is 10.1. The van der Waals surface area contributed by atoms with E-state index in [0.29, 0.717) is 30.5 Å². The van der Waals surface area contributed by atoms with Crippen molar-refractivity contribution in [3.8, 4) is 0 Å². The van der Waals surface area contributed by atoms with Crippen LogP contribution in [0, 0.1) is 11.6 Å². The molecule has 3 amide bonds. The first-order chi connectivity index (χ1) is 14.9.